The van der Waals surface area contributed by atoms with Crippen molar-refractivity contribution < 1.29 is 9.90 Å². The molecule has 1 aromatic rings. The Kier molecular flexibility index (Phi) is 5.88. The number of amides is 1. The van der Waals surface area contributed by atoms with E-state index in [1.807, 2.05) is 13.0 Å². The maximum absolute atomic E-state index is 12.1. The van der Waals surface area contributed by atoms with Crippen LogP contribution in [0.5, 0.6) is 0 Å². The number of carbonyl (C=O) groups is 1. The number of aliphatic hydroxyl groups excluding tert-OH is 1. The van der Waals surface area contributed by atoms with E-state index in [4.69, 9.17) is 23.2 Å². The van der Waals surface area contributed by atoms with Crippen LogP contribution in [0.3, 0.4) is 0 Å². The molecule has 0 saturated carbocycles. The highest BCUT2D eigenvalue weighted by Gasteiger charge is 2.20. The van der Waals surface area contributed by atoms with Gasteiger partial charge in [0.1, 0.15) is 0 Å². The van der Waals surface area contributed by atoms with Crippen molar-refractivity contribution in [1.29, 1.82) is 0 Å². The van der Waals surface area contributed by atoms with Crippen LogP contribution in [-0.2, 0) is 4.79 Å². The van der Waals surface area contributed by atoms with Crippen LogP contribution in [0.1, 0.15) is 31.4 Å². The fourth-order valence-electron chi connectivity index (χ4n) is 2.50. The maximum Gasteiger partial charge on any atom is 0.234 e. The van der Waals surface area contributed by atoms with Gasteiger partial charge in [0.05, 0.1) is 18.7 Å². The Bertz CT molecular complexity index is 502. The minimum atomic E-state index is -0.226. The molecule has 21 heavy (non-hydrogen) atoms. The summed E-state index contributed by atoms with van der Waals surface area (Å²) in [6, 6.07) is 5.09. The van der Waals surface area contributed by atoms with Gasteiger partial charge in [-0.1, -0.05) is 29.3 Å². The fraction of sp³-hybridized carbons (Fsp3) is 0.533. The van der Waals surface area contributed by atoms with Gasteiger partial charge in [-0.3, -0.25) is 9.69 Å². The quantitative estimate of drug-likeness (QED) is 0.892. The summed E-state index contributed by atoms with van der Waals surface area (Å²) in [4.78, 5) is 14.1. The predicted octanol–water partition coefficient (Wildman–Crippen LogP) is 2.63. The predicted molar refractivity (Wildman–Crippen MR) is 84.7 cm³/mol. The molecule has 1 saturated heterocycles. The van der Waals surface area contributed by atoms with E-state index in [1.165, 1.54) is 0 Å². The number of hydrogen-bond acceptors (Lipinski definition) is 3. The molecule has 1 amide bonds. The van der Waals surface area contributed by atoms with E-state index in [-0.39, 0.29) is 18.1 Å². The summed E-state index contributed by atoms with van der Waals surface area (Å²) in [7, 11) is 0. The third-order valence-electron chi connectivity index (χ3n) is 3.73. The zero-order valence-corrected chi connectivity index (χ0v) is 13.5. The minimum Gasteiger partial charge on any atom is -0.393 e. The molecule has 0 radical (unpaired) electrons. The molecule has 4 nitrogen and oxygen atoms in total. The zero-order chi connectivity index (χ0) is 15.4. The van der Waals surface area contributed by atoms with Crippen molar-refractivity contribution in [1.82, 2.24) is 10.2 Å². The Morgan fingerprint density at radius 2 is 2.10 bits per heavy atom. The highest BCUT2D eigenvalue weighted by Crippen LogP contribution is 2.26. The molecule has 2 rings (SSSR count). The Hall–Kier alpha value is -0.810. The van der Waals surface area contributed by atoms with Crippen molar-refractivity contribution in [2.75, 3.05) is 19.6 Å². The summed E-state index contributed by atoms with van der Waals surface area (Å²) >= 11 is 12.0. The van der Waals surface area contributed by atoms with Gasteiger partial charge in [0.25, 0.3) is 0 Å². The van der Waals surface area contributed by atoms with E-state index in [0.29, 0.717) is 16.6 Å². The smallest absolute Gasteiger partial charge is 0.234 e. The number of nitrogens with zero attached hydrogens (tertiary/aromatic N) is 1. The molecule has 0 aromatic heterocycles. The first kappa shape index (κ1) is 16.6. The molecular formula is C15H20Cl2N2O2. The molecule has 1 atom stereocenters. The third kappa shape index (κ3) is 4.85. The van der Waals surface area contributed by atoms with Crippen molar-refractivity contribution in [3.05, 3.63) is 33.8 Å². The van der Waals surface area contributed by atoms with Gasteiger partial charge in [-0.15, -0.1) is 0 Å². The van der Waals surface area contributed by atoms with Gasteiger partial charge < -0.3 is 10.4 Å². The Labute approximate surface area is 135 Å². The molecule has 1 aliphatic rings. The summed E-state index contributed by atoms with van der Waals surface area (Å²) in [5.41, 5.74) is 0.850. The number of benzene rings is 1. The first-order valence-corrected chi connectivity index (χ1v) is 7.86. The molecule has 1 unspecified atom stereocenters. The number of aliphatic hydroxyl groups is 1. The van der Waals surface area contributed by atoms with Gasteiger partial charge >= 0.3 is 0 Å². The molecule has 2 N–H and O–H groups in total. The molecule has 0 aliphatic carbocycles. The molecule has 0 bridgehead atoms. The number of piperidine rings is 1. The summed E-state index contributed by atoms with van der Waals surface area (Å²) in [6.07, 6.45) is 1.23. The summed E-state index contributed by atoms with van der Waals surface area (Å²) in [6.45, 7) is 3.75. The van der Waals surface area contributed by atoms with E-state index in [2.05, 4.69) is 10.2 Å². The maximum atomic E-state index is 12.1. The lowest BCUT2D eigenvalue weighted by Crippen LogP contribution is -2.43. The lowest BCUT2D eigenvalue weighted by molar-refractivity contribution is -0.123. The van der Waals surface area contributed by atoms with E-state index in [1.54, 1.807) is 12.1 Å². The topological polar surface area (TPSA) is 52.6 Å². The minimum absolute atomic E-state index is 0.0371. The van der Waals surface area contributed by atoms with E-state index < -0.39 is 0 Å². The number of halogens is 2. The normalized spacial score (nSPS) is 18.5. The molecule has 0 spiro atoms. The number of carbonyl (C=O) groups excluding carboxylic acids is 1. The van der Waals surface area contributed by atoms with Gasteiger partial charge in [0.2, 0.25) is 5.91 Å². The van der Waals surface area contributed by atoms with E-state index in [9.17, 15) is 9.90 Å². The summed E-state index contributed by atoms with van der Waals surface area (Å²) in [5, 5.41) is 13.5. The monoisotopic (exact) mass is 330 g/mol. The molecule has 116 valence electrons. The molecule has 1 aliphatic heterocycles. The molecule has 1 aromatic carbocycles. The second-order valence-corrected chi connectivity index (χ2v) is 6.31. The lowest BCUT2D eigenvalue weighted by Gasteiger charge is -2.29. The number of hydrogen-bond donors (Lipinski definition) is 2. The second kappa shape index (κ2) is 7.45. The highest BCUT2D eigenvalue weighted by atomic mass is 35.5. The van der Waals surface area contributed by atoms with Crippen LogP contribution in [0.25, 0.3) is 0 Å². The first-order valence-electron chi connectivity index (χ1n) is 7.10. The van der Waals surface area contributed by atoms with E-state index in [0.717, 1.165) is 31.5 Å². The van der Waals surface area contributed by atoms with Crippen LogP contribution in [0.4, 0.5) is 0 Å². The lowest BCUT2D eigenvalue weighted by atomic mass is 10.1. The largest absolute Gasteiger partial charge is 0.393 e. The van der Waals surface area contributed by atoms with Crippen molar-refractivity contribution >= 4 is 29.1 Å². The van der Waals surface area contributed by atoms with Crippen LogP contribution < -0.4 is 5.32 Å². The fourth-order valence-corrected chi connectivity index (χ4v) is 3.07. The standard InChI is InChI=1S/C15H20Cl2N2O2/c1-10(13-3-2-11(16)8-14(13)17)18-15(21)9-19-6-4-12(20)5-7-19/h2-3,8,10,12,20H,4-7,9H2,1H3,(H,18,21). The second-order valence-electron chi connectivity index (χ2n) is 5.46. The molecule has 1 fully saturated rings. The van der Waals surface area contributed by atoms with Crippen molar-refractivity contribution in [3.63, 3.8) is 0 Å². The Balaban J connectivity index is 1.87. The number of nitrogens with one attached hydrogen (secondary N) is 1. The first-order chi connectivity index (χ1) is 9.95. The van der Waals surface area contributed by atoms with Crippen molar-refractivity contribution in [2.45, 2.75) is 31.9 Å². The number of likely N-dealkylation sites (tertiary alicyclic amines) is 1. The van der Waals surface area contributed by atoms with Crippen LogP contribution in [0, 0.1) is 0 Å². The van der Waals surface area contributed by atoms with Gasteiger partial charge in [-0.2, -0.15) is 0 Å². The third-order valence-corrected chi connectivity index (χ3v) is 4.29. The molecule has 6 heteroatoms. The Morgan fingerprint density at radius 1 is 1.43 bits per heavy atom. The average molecular weight is 331 g/mol. The molecule has 1 heterocycles. The Morgan fingerprint density at radius 3 is 2.71 bits per heavy atom. The van der Waals surface area contributed by atoms with Crippen LogP contribution >= 0.6 is 23.2 Å². The van der Waals surface area contributed by atoms with Crippen molar-refractivity contribution in [3.8, 4) is 0 Å². The van der Waals surface area contributed by atoms with Crippen LogP contribution in [-0.4, -0.2) is 41.7 Å². The summed E-state index contributed by atoms with van der Waals surface area (Å²) < 4.78 is 0. The van der Waals surface area contributed by atoms with Gasteiger partial charge in [0, 0.05) is 23.1 Å². The van der Waals surface area contributed by atoms with Crippen molar-refractivity contribution in [2.24, 2.45) is 0 Å². The average Bonchev–Trinajstić information content (AvgIpc) is 2.41. The van der Waals surface area contributed by atoms with Gasteiger partial charge in [0.15, 0.2) is 0 Å². The molecular weight excluding hydrogens is 311 g/mol. The van der Waals surface area contributed by atoms with Crippen LogP contribution in [0.2, 0.25) is 10.0 Å². The summed E-state index contributed by atoms with van der Waals surface area (Å²) in [5.74, 6) is -0.0371. The van der Waals surface area contributed by atoms with Gasteiger partial charge in [-0.25, -0.2) is 0 Å². The van der Waals surface area contributed by atoms with Crippen LogP contribution in [0.15, 0.2) is 18.2 Å². The number of rotatable bonds is 4. The SMILES string of the molecule is CC(NC(=O)CN1CCC(O)CC1)c1ccc(Cl)cc1Cl. The highest BCUT2D eigenvalue weighted by molar-refractivity contribution is 6.35. The zero-order valence-electron chi connectivity index (χ0n) is 12.0. The van der Waals surface area contributed by atoms with Gasteiger partial charge in [-0.05, 0) is 37.5 Å². The van der Waals surface area contributed by atoms with E-state index >= 15 is 0 Å².